The number of aromatic nitrogens is 4. The van der Waals surface area contributed by atoms with Crippen LogP contribution in [0.2, 0.25) is 0 Å². The number of amides is 1. The number of benzene rings is 1. The van der Waals surface area contributed by atoms with E-state index in [1.54, 1.807) is 4.90 Å². The molecule has 0 atom stereocenters. The van der Waals surface area contributed by atoms with Crippen LogP contribution in [0.1, 0.15) is 5.56 Å². The highest BCUT2D eigenvalue weighted by Gasteiger charge is 2.29. The highest BCUT2D eigenvalue weighted by Crippen LogP contribution is 2.28. The SMILES string of the molecule is O=C1Cc2ccccc2N1CCNc1ncnc2nn(CC(F)(F)F)cc12. The van der Waals surface area contributed by atoms with E-state index in [1.807, 2.05) is 24.3 Å². The molecule has 0 unspecified atom stereocenters. The fourth-order valence-corrected chi connectivity index (χ4v) is 3.14. The Balaban J connectivity index is 1.47. The van der Waals surface area contributed by atoms with Crippen molar-refractivity contribution in [3.63, 3.8) is 0 Å². The van der Waals surface area contributed by atoms with Gasteiger partial charge in [-0.3, -0.25) is 9.48 Å². The molecule has 7 nitrogen and oxygen atoms in total. The summed E-state index contributed by atoms with van der Waals surface area (Å²) in [5.74, 6) is 0.400. The largest absolute Gasteiger partial charge is 0.408 e. The number of fused-ring (bicyclic) bond motifs is 2. The molecule has 0 radical (unpaired) electrons. The van der Waals surface area contributed by atoms with Crippen LogP contribution < -0.4 is 10.2 Å². The van der Waals surface area contributed by atoms with Crippen LogP contribution in [-0.4, -0.2) is 44.9 Å². The molecule has 1 amide bonds. The number of carbonyl (C=O) groups is 1. The lowest BCUT2D eigenvalue weighted by atomic mass is 10.2. The summed E-state index contributed by atoms with van der Waals surface area (Å²) < 4.78 is 38.5. The second-order valence-corrected chi connectivity index (χ2v) is 6.18. The summed E-state index contributed by atoms with van der Waals surface area (Å²) in [5.41, 5.74) is 2.05. The van der Waals surface area contributed by atoms with Crippen LogP contribution in [0.25, 0.3) is 11.0 Å². The predicted octanol–water partition coefficient (Wildman–Crippen LogP) is 2.39. The zero-order chi connectivity index (χ0) is 19.0. The topological polar surface area (TPSA) is 75.9 Å². The molecule has 4 rings (SSSR count). The molecule has 0 saturated heterocycles. The van der Waals surface area contributed by atoms with Crippen molar-refractivity contribution >= 4 is 28.4 Å². The van der Waals surface area contributed by atoms with Crippen LogP contribution in [-0.2, 0) is 17.8 Å². The summed E-state index contributed by atoms with van der Waals surface area (Å²) in [6.07, 6.45) is -1.49. The number of rotatable bonds is 5. The van der Waals surface area contributed by atoms with Crippen molar-refractivity contribution in [2.45, 2.75) is 19.1 Å². The number of hydrogen-bond donors (Lipinski definition) is 1. The van der Waals surface area contributed by atoms with Gasteiger partial charge in [-0.2, -0.15) is 18.3 Å². The van der Waals surface area contributed by atoms with Gasteiger partial charge in [0.15, 0.2) is 5.65 Å². The molecule has 1 N–H and O–H groups in total. The van der Waals surface area contributed by atoms with Crippen molar-refractivity contribution in [3.8, 4) is 0 Å². The number of halogens is 3. The number of anilines is 2. The van der Waals surface area contributed by atoms with Gasteiger partial charge in [0.2, 0.25) is 5.91 Å². The third-order valence-electron chi connectivity index (χ3n) is 4.26. The fourth-order valence-electron chi connectivity index (χ4n) is 3.14. The van der Waals surface area contributed by atoms with Gasteiger partial charge < -0.3 is 10.2 Å². The Morgan fingerprint density at radius 3 is 2.81 bits per heavy atom. The van der Waals surface area contributed by atoms with Gasteiger partial charge in [-0.25, -0.2) is 9.97 Å². The lowest BCUT2D eigenvalue weighted by Gasteiger charge is -2.18. The third kappa shape index (κ3) is 3.55. The second-order valence-electron chi connectivity index (χ2n) is 6.18. The molecular formula is C17H15F3N6O. The van der Waals surface area contributed by atoms with Gasteiger partial charge in [0.1, 0.15) is 18.7 Å². The van der Waals surface area contributed by atoms with Gasteiger partial charge in [0, 0.05) is 25.0 Å². The van der Waals surface area contributed by atoms with Crippen molar-refractivity contribution in [3.05, 3.63) is 42.4 Å². The first-order chi connectivity index (χ1) is 12.9. The van der Waals surface area contributed by atoms with Crippen LogP contribution in [0.15, 0.2) is 36.8 Å². The summed E-state index contributed by atoms with van der Waals surface area (Å²) in [6, 6.07) is 7.58. The molecule has 10 heteroatoms. The normalized spacial score (nSPS) is 14.0. The van der Waals surface area contributed by atoms with E-state index in [1.165, 1.54) is 12.5 Å². The maximum atomic E-state index is 12.6. The first kappa shape index (κ1) is 17.3. The molecule has 1 aromatic carbocycles. The Hall–Kier alpha value is -3.17. The Kier molecular flexibility index (Phi) is 4.17. The number of carbonyl (C=O) groups excluding carboxylic acids is 1. The summed E-state index contributed by atoms with van der Waals surface area (Å²) >= 11 is 0. The molecular weight excluding hydrogens is 361 g/mol. The van der Waals surface area contributed by atoms with E-state index in [0.29, 0.717) is 30.7 Å². The molecule has 0 spiro atoms. The third-order valence-corrected chi connectivity index (χ3v) is 4.26. The standard InChI is InChI=1S/C17H15F3N6O/c18-17(19,20)9-25-8-12-15(22-10-23-16(12)24-25)21-5-6-26-13-4-2-1-3-11(13)7-14(26)27/h1-4,8,10H,5-7,9H2,(H,21,22,23,24). The minimum absolute atomic E-state index is 0.0174. The maximum Gasteiger partial charge on any atom is 0.408 e. The second kappa shape index (κ2) is 6.53. The highest BCUT2D eigenvalue weighted by atomic mass is 19.4. The van der Waals surface area contributed by atoms with E-state index in [0.717, 1.165) is 15.9 Å². The van der Waals surface area contributed by atoms with Gasteiger partial charge in [-0.1, -0.05) is 18.2 Å². The first-order valence-corrected chi connectivity index (χ1v) is 8.28. The van der Waals surface area contributed by atoms with E-state index in [-0.39, 0.29) is 11.6 Å². The van der Waals surface area contributed by atoms with E-state index in [9.17, 15) is 18.0 Å². The van der Waals surface area contributed by atoms with E-state index >= 15 is 0 Å². The smallest absolute Gasteiger partial charge is 0.368 e. The lowest BCUT2D eigenvalue weighted by molar-refractivity contribution is -0.142. The van der Waals surface area contributed by atoms with Crippen LogP contribution in [0.5, 0.6) is 0 Å². The molecule has 3 aromatic rings. The first-order valence-electron chi connectivity index (χ1n) is 8.28. The average Bonchev–Trinajstić information content (AvgIpc) is 3.14. The van der Waals surface area contributed by atoms with Crippen molar-refractivity contribution in [1.29, 1.82) is 0 Å². The van der Waals surface area contributed by atoms with Gasteiger partial charge in [-0.05, 0) is 11.6 Å². The molecule has 1 aliphatic heterocycles. The number of hydrogen-bond acceptors (Lipinski definition) is 5. The molecule has 0 fully saturated rings. The average molecular weight is 376 g/mol. The van der Waals surface area contributed by atoms with Crippen molar-refractivity contribution < 1.29 is 18.0 Å². The monoisotopic (exact) mass is 376 g/mol. The highest BCUT2D eigenvalue weighted by molar-refractivity contribution is 6.01. The number of para-hydroxylation sites is 1. The van der Waals surface area contributed by atoms with Crippen LogP contribution >= 0.6 is 0 Å². The van der Waals surface area contributed by atoms with E-state index in [4.69, 9.17) is 0 Å². The van der Waals surface area contributed by atoms with Crippen LogP contribution in [0.4, 0.5) is 24.7 Å². The molecule has 0 saturated carbocycles. The van der Waals surface area contributed by atoms with E-state index < -0.39 is 12.7 Å². The molecule has 2 aromatic heterocycles. The molecule has 27 heavy (non-hydrogen) atoms. The molecule has 140 valence electrons. The van der Waals surface area contributed by atoms with Gasteiger partial charge in [-0.15, -0.1) is 0 Å². The Morgan fingerprint density at radius 2 is 2.00 bits per heavy atom. The molecule has 0 aliphatic carbocycles. The fraction of sp³-hybridized carbons (Fsp3) is 0.294. The van der Waals surface area contributed by atoms with Crippen LogP contribution in [0.3, 0.4) is 0 Å². The Labute approximate surface area is 151 Å². The molecule has 1 aliphatic rings. The number of nitrogens with zero attached hydrogens (tertiary/aromatic N) is 5. The Bertz CT molecular complexity index is 1000. The quantitative estimate of drug-likeness (QED) is 0.740. The Morgan fingerprint density at radius 1 is 1.19 bits per heavy atom. The zero-order valence-electron chi connectivity index (χ0n) is 14.1. The number of nitrogens with one attached hydrogen (secondary N) is 1. The molecule has 3 heterocycles. The zero-order valence-corrected chi connectivity index (χ0v) is 14.1. The van der Waals surface area contributed by atoms with Gasteiger partial charge >= 0.3 is 6.18 Å². The minimum atomic E-state index is -4.37. The lowest BCUT2D eigenvalue weighted by Crippen LogP contribution is -2.31. The predicted molar refractivity (Wildman–Crippen MR) is 92.4 cm³/mol. The summed E-state index contributed by atoms with van der Waals surface area (Å²) in [5, 5.41) is 7.29. The number of alkyl halides is 3. The van der Waals surface area contributed by atoms with Crippen LogP contribution in [0, 0.1) is 0 Å². The van der Waals surface area contributed by atoms with Crippen molar-refractivity contribution in [2.24, 2.45) is 0 Å². The maximum absolute atomic E-state index is 12.6. The van der Waals surface area contributed by atoms with Crippen molar-refractivity contribution in [1.82, 2.24) is 19.7 Å². The minimum Gasteiger partial charge on any atom is -0.368 e. The van der Waals surface area contributed by atoms with E-state index in [2.05, 4.69) is 20.4 Å². The van der Waals surface area contributed by atoms with Crippen molar-refractivity contribution in [2.75, 3.05) is 23.3 Å². The van der Waals surface area contributed by atoms with Gasteiger partial charge in [0.05, 0.1) is 11.8 Å². The summed E-state index contributed by atoms with van der Waals surface area (Å²) in [4.78, 5) is 21.9. The summed E-state index contributed by atoms with van der Waals surface area (Å²) in [7, 11) is 0. The van der Waals surface area contributed by atoms with Gasteiger partial charge in [0.25, 0.3) is 0 Å². The summed E-state index contributed by atoms with van der Waals surface area (Å²) in [6.45, 7) is -0.392. The molecule has 0 bridgehead atoms.